The Kier molecular flexibility index (Phi) is 4.10. The summed E-state index contributed by atoms with van der Waals surface area (Å²) in [6.45, 7) is 6.65. The third kappa shape index (κ3) is 3.96. The summed E-state index contributed by atoms with van der Waals surface area (Å²) in [6.07, 6.45) is 0.690. The number of benzene rings is 1. The molecule has 0 aliphatic carbocycles. The van der Waals surface area contributed by atoms with Gasteiger partial charge in [-0.2, -0.15) is 0 Å². The van der Waals surface area contributed by atoms with E-state index in [4.69, 9.17) is 9.47 Å². The van der Waals surface area contributed by atoms with Crippen LogP contribution in [0.5, 0.6) is 0 Å². The zero-order valence-electron chi connectivity index (χ0n) is 11.7. The first-order valence-corrected chi connectivity index (χ1v) is 6.61. The van der Waals surface area contributed by atoms with Crippen molar-refractivity contribution in [2.75, 3.05) is 18.5 Å². The summed E-state index contributed by atoms with van der Waals surface area (Å²) in [6, 6.07) is 7.67. The van der Waals surface area contributed by atoms with Gasteiger partial charge in [-0.15, -0.1) is 0 Å². The molecule has 1 aromatic rings. The van der Waals surface area contributed by atoms with Gasteiger partial charge in [-0.3, -0.25) is 0 Å². The molecule has 19 heavy (non-hydrogen) atoms. The van der Waals surface area contributed by atoms with E-state index in [1.165, 1.54) is 0 Å². The zero-order valence-corrected chi connectivity index (χ0v) is 11.7. The highest BCUT2D eigenvalue weighted by molar-refractivity contribution is 5.82. The van der Waals surface area contributed by atoms with Crippen LogP contribution in [-0.4, -0.2) is 30.8 Å². The Bertz CT molecular complexity index is 426. The van der Waals surface area contributed by atoms with E-state index in [-0.39, 0.29) is 17.6 Å². The van der Waals surface area contributed by atoms with E-state index in [0.29, 0.717) is 19.6 Å². The predicted molar refractivity (Wildman–Crippen MR) is 74.2 cm³/mol. The van der Waals surface area contributed by atoms with E-state index in [1.807, 2.05) is 45.0 Å². The van der Waals surface area contributed by atoms with Gasteiger partial charge in [0, 0.05) is 12.1 Å². The molecule has 4 nitrogen and oxygen atoms in total. The van der Waals surface area contributed by atoms with Crippen LogP contribution in [0.2, 0.25) is 0 Å². The lowest BCUT2D eigenvalue weighted by Crippen LogP contribution is -2.31. The average molecular weight is 263 g/mol. The molecule has 0 bridgehead atoms. The fourth-order valence-corrected chi connectivity index (χ4v) is 2.03. The van der Waals surface area contributed by atoms with Crippen LogP contribution in [-0.2, 0) is 20.7 Å². The Morgan fingerprint density at radius 2 is 2.05 bits per heavy atom. The van der Waals surface area contributed by atoms with Crippen LogP contribution in [0.25, 0.3) is 0 Å². The molecule has 1 heterocycles. The summed E-state index contributed by atoms with van der Waals surface area (Å²) in [7, 11) is 0. The summed E-state index contributed by atoms with van der Waals surface area (Å²) >= 11 is 0. The molecule has 1 unspecified atom stereocenters. The molecule has 1 N–H and O–H groups in total. The number of rotatable bonds is 4. The number of ether oxygens (including phenoxy) is 2. The molecule has 0 aromatic heterocycles. The standard InChI is InChI=1S/C15H21NO3/c1-15(2,3)19-9-8-18-14(17)13-10-11-6-4-5-7-12(11)16-13/h4-7,13,16H,8-10H2,1-3H3. The Labute approximate surface area is 114 Å². The van der Waals surface area contributed by atoms with E-state index < -0.39 is 0 Å². The van der Waals surface area contributed by atoms with Crippen molar-refractivity contribution >= 4 is 11.7 Å². The van der Waals surface area contributed by atoms with Crippen LogP contribution in [0.3, 0.4) is 0 Å². The van der Waals surface area contributed by atoms with Gasteiger partial charge in [0.25, 0.3) is 0 Å². The molecular weight excluding hydrogens is 242 g/mol. The van der Waals surface area contributed by atoms with Gasteiger partial charge in [0.05, 0.1) is 12.2 Å². The molecule has 0 saturated carbocycles. The summed E-state index contributed by atoms with van der Waals surface area (Å²) in [5.74, 6) is -0.214. The monoisotopic (exact) mass is 263 g/mol. The highest BCUT2D eigenvalue weighted by Crippen LogP contribution is 2.25. The highest BCUT2D eigenvalue weighted by Gasteiger charge is 2.27. The highest BCUT2D eigenvalue weighted by atomic mass is 16.6. The van der Waals surface area contributed by atoms with Crippen LogP contribution in [0.15, 0.2) is 24.3 Å². The SMILES string of the molecule is CC(C)(C)OCCOC(=O)C1Cc2ccccc2N1. The van der Waals surface area contributed by atoms with Crippen LogP contribution < -0.4 is 5.32 Å². The first-order valence-electron chi connectivity index (χ1n) is 6.61. The smallest absolute Gasteiger partial charge is 0.328 e. The number of esters is 1. The van der Waals surface area contributed by atoms with E-state index >= 15 is 0 Å². The van der Waals surface area contributed by atoms with Crippen molar-refractivity contribution in [3.63, 3.8) is 0 Å². The van der Waals surface area contributed by atoms with Crippen LogP contribution in [0.1, 0.15) is 26.3 Å². The lowest BCUT2D eigenvalue weighted by molar-refractivity contribution is -0.147. The molecule has 4 heteroatoms. The molecule has 0 amide bonds. The minimum absolute atomic E-state index is 0.200. The summed E-state index contributed by atoms with van der Waals surface area (Å²) in [4.78, 5) is 11.9. The van der Waals surface area contributed by atoms with Gasteiger partial charge in [-0.05, 0) is 32.4 Å². The number of nitrogens with one attached hydrogen (secondary N) is 1. The third-order valence-electron chi connectivity index (χ3n) is 2.92. The number of hydrogen-bond donors (Lipinski definition) is 1. The molecule has 2 rings (SSSR count). The molecular formula is C15H21NO3. The van der Waals surface area contributed by atoms with Crippen molar-refractivity contribution in [3.05, 3.63) is 29.8 Å². The average Bonchev–Trinajstić information content (AvgIpc) is 2.77. The van der Waals surface area contributed by atoms with E-state index in [2.05, 4.69) is 5.32 Å². The zero-order chi connectivity index (χ0) is 13.9. The molecule has 0 spiro atoms. The van der Waals surface area contributed by atoms with Crippen molar-refractivity contribution in [1.29, 1.82) is 0 Å². The van der Waals surface area contributed by atoms with E-state index in [1.54, 1.807) is 0 Å². The Hall–Kier alpha value is -1.55. The van der Waals surface area contributed by atoms with Gasteiger partial charge in [-0.25, -0.2) is 4.79 Å². The van der Waals surface area contributed by atoms with Crippen molar-refractivity contribution in [2.24, 2.45) is 0 Å². The Morgan fingerprint density at radius 1 is 1.32 bits per heavy atom. The molecule has 1 atom stereocenters. The summed E-state index contributed by atoms with van der Waals surface area (Å²) in [5, 5.41) is 3.18. The number of para-hydroxylation sites is 1. The quantitative estimate of drug-likeness (QED) is 0.669. The van der Waals surface area contributed by atoms with Gasteiger partial charge in [-0.1, -0.05) is 18.2 Å². The van der Waals surface area contributed by atoms with E-state index in [9.17, 15) is 4.79 Å². The molecule has 1 aliphatic heterocycles. The van der Waals surface area contributed by atoms with Crippen LogP contribution in [0.4, 0.5) is 5.69 Å². The largest absolute Gasteiger partial charge is 0.462 e. The third-order valence-corrected chi connectivity index (χ3v) is 2.92. The second-order valence-corrected chi connectivity index (χ2v) is 5.69. The predicted octanol–water partition coefficient (Wildman–Crippen LogP) is 2.38. The maximum atomic E-state index is 11.9. The molecule has 0 radical (unpaired) electrons. The van der Waals surface area contributed by atoms with Crippen LogP contribution in [0, 0.1) is 0 Å². The van der Waals surface area contributed by atoms with Crippen LogP contribution >= 0.6 is 0 Å². The van der Waals surface area contributed by atoms with Gasteiger partial charge in [0.1, 0.15) is 12.6 Å². The molecule has 1 aliphatic rings. The lowest BCUT2D eigenvalue weighted by Gasteiger charge is -2.19. The van der Waals surface area contributed by atoms with Gasteiger partial charge < -0.3 is 14.8 Å². The topological polar surface area (TPSA) is 47.6 Å². The molecule has 0 fully saturated rings. The Morgan fingerprint density at radius 3 is 2.74 bits per heavy atom. The first kappa shape index (κ1) is 13.9. The first-order chi connectivity index (χ1) is 8.96. The summed E-state index contributed by atoms with van der Waals surface area (Å²) in [5.41, 5.74) is 1.99. The normalized spacial score (nSPS) is 17.7. The number of fused-ring (bicyclic) bond motifs is 1. The van der Waals surface area contributed by atoms with Crippen molar-refractivity contribution < 1.29 is 14.3 Å². The number of anilines is 1. The number of carbonyl (C=O) groups is 1. The molecule has 104 valence electrons. The minimum atomic E-state index is -0.271. The maximum absolute atomic E-state index is 11.9. The number of carbonyl (C=O) groups excluding carboxylic acids is 1. The second kappa shape index (κ2) is 5.61. The minimum Gasteiger partial charge on any atom is -0.462 e. The lowest BCUT2D eigenvalue weighted by atomic mass is 10.1. The van der Waals surface area contributed by atoms with E-state index in [0.717, 1.165) is 11.3 Å². The molecule has 0 saturated heterocycles. The number of hydrogen-bond acceptors (Lipinski definition) is 4. The Balaban J connectivity index is 1.74. The van der Waals surface area contributed by atoms with Crippen molar-refractivity contribution in [2.45, 2.75) is 38.8 Å². The maximum Gasteiger partial charge on any atom is 0.328 e. The molecule has 1 aromatic carbocycles. The fourth-order valence-electron chi connectivity index (χ4n) is 2.03. The van der Waals surface area contributed by atoms with Gasteiger partial charge in [0.2, 0.25) is 0 Å². The van der Waals surface area contributed by atoms with Crippen molar-refractivity contribution in [1.82, 2.24) is 0 Å². The van der Waals surface area contributed by atoms with Gasteiger partial charge in [0.15, 0.2) is 0 Å². The summed E-state index contributed by atoms with van der Waals surface area (Å²) < 4.78 is 10.7. The fraction of sp³-hybridized carbons (Fsp3) is 0.533. The van der Waals surface area contributed by atoms with Crippen molar-refractivity contribution in [3.8, 4) is 0 Å². The second-order valence-electron chi connectivity index (χ2n) is 5.69. The van der Waals surface area contributed by atoms with Gasteiger partial charge >= 0.3 is 5.97 Å².